The van der Waals surface area contributed by atoms with Crippen LogP contribution in [-0.4, -0.2) is 41.3 Å². The zero-order chi connectivity index (χ0) is 18.9. The quantitative estimate of drug-likeness (QED) is 0.417. The third-order valence-electron chi connectivity index (χ3n) is 3.88. The molecule has 2 heterocycles. The van der Waals surface area contributed by atoms with Gasteiger partial charge in [0.15, 0.2) is 11.7 Å². The average Bonchev–Trinajstić information content (AvgIpc) is 3.38. The number of furan rings is 1. The third-order valence-corrected chi connectivity index (χ3v) is 3.88. The van der Waals surface area contributed by atoms with Gasteiger partial charge in [-0.3, -0.25) is 5.10 Å². The molecule has 0 amide bonds. The van der Waals surface area contributed by atoms with Crippen LogP contribution in [0.2, 0.25) is 0 Å². The van der Waals surface area contributed by atoms with E-state index in [1.54, 1.807) is 19.4 Å². The van der Waals surface area contributed by atoms with Crippen molar-refractivity contribution < 1.29 is 9.15 Å². The summed E-state index contributed by atoms with van der Waals surface area (Å²) in [6.07, 6.45) is 2.43. The number of aromatic nitrogens is 3. The van der Waals surface area contributed by atoms with Crippen LogP contribution < -0.4 is 15.4 Å². The Bertz CT molecular complexity index is 857. The molecule has 3 N–H and O–H groups in total. The summed E-state index contributed by atoms with van der Waals surface area (Å²) in [5.74, 6) is 3.45. The Hall–Kier alpha value is -3.29. The summed E-state index contributed by atoms with van der Waals surface area (Å²) >= 11 is 0. The minimum atomic E-state index is 0.387. The van der Waals surface area contributed by atoms with Crippen molar-refractivity contribution in [3.63, 3.8) is 0 Å². The molecule has 0 unspecified atom stereocenters. The van der Waals surface area contributed by atoms with Crippen LogP contribution in [-0.2, 0) is 13.0 Å². The topological polar surface area (TPSA) is 100 Å². The lowest BCUT2D eigenvalue weighted by Gasteiger charge is -2.12. The first-order valence-corrected chi connectivity index (χ1v) is 8.89. The van der Waals surface area contributed by atoms with Crippen LogP contribution in [0.4, 0.5) is 0 Å². The van der Waals surface area contributed by atoms with Crippen molar-refractivity contribution in [2.24, 2.45) is 4.99 Å². The van der Waals surface area contributed by atoms with Crippen molar-refractivity contribution in [3.05, 3.63) is 54.0 Å². The maximum Gasteiger partial charge on any atom is 0.216 e. The van der Waals surface area contributed by atoms with Gasteiger partial charge >= 0.3 is 0 Å². The number of ether oxygens (including phenoxy) is 1. The minimum Gasteiger partial charge on any atom is -0.496 e. The molecule has 0 bridgehead atoms. The number of hydrogen-bond donors (Lipinski definition) is 3. The Labute approximate surface area is 158 Å². The zero-order valence-electron chi connectivity index (χ0n) is 15.5. The van der Waals surface area contributed by atoms with Crippen molar-refractivity contribution in [2.75, 3.05) is 20.2 Å². The van der Waals surface area contributed by atoms with Gasteiger partial charge in [-0.15, -0.1) is 5.10 Å². The monoisotopic (exact) mass is 368 g/mol. The van der Waals surface area contributed by atoms with E-state index in [1.165, 1.54) is 0 Å². The number of rotatable bonds is 8. The van der Waals surface area contributed by atoms with Crippen molar-refractivity contribution in [2.45, 2.75) is 19.9 Å². The molecule has 0 aliphatic rings. The van der Waals surface area contributed by atoms with Gasteiger partial charge in [-0.25, -0.2) is 9.98 Å². The Morgan fingerprint density at radius 3 is 2.89 bits per heavy atom. The van der Waals surface area contributed by atoms with Gasteiger partial charge in [0.25, 0.3) is 0 Å². The standard InChI is InChI=1S/C19H24N6O2/c1-3-20-19(21-11-10-14-7-4-5-8-15(14)26-2)22-13-17-23-18(25-24-17)16-9-6-12-27-16/h4-9,12H,3,10-11,13H2,1-2H3,(H2,20,21,22)(H,23,24,25). The molecular formula is C19H24N6O2. The molecule has 8 heteroatoms. The fourth-order valence-corrected chi connectivity index (χ4v) is 2.60. The highest BCUT2D eigenvalue weighted by molar-refractivity contribution is 5.79. The molecule has 0 aliphatic carbocycles. The minimum absolute atomic E-state index is 0.387. The lowest BCUT2D eigenvalue weighted by molar-refractivity contribution is 0.409. The number of benzene rings is 1. The van der Waals surface area contributed by atoms with Crippen LogP contribution in [0.1, 0.15) is 18.3 Å². The molecule has 0 atom stereocenters. The summed E-state index contributed by atoms with van der Waals surface area (Å²) in [4.78, 5) is 8.95. The predicted octanol–water partition coefficient (Wildman–Crippen LogP) is 2.37. The molecular weight excluding hydrogens is 344 g/mol. The molecule has 27 heavy (non-hydrogen) atoms. The molecule has 0 aliphatic heterocycles. The second kappa shape index (κ2) is 9.42. The highest BCUT2D eigenvalue weighted by Crippen LogP contribution is 2.17. The molecule has 0 fully saturated rings. The van der Waals surface area contributed by atoms with E-state index < -0.39 is 0 Å². The second-order valence-corrected chi connectivity index (χ2v) is 5.77. The van der Waals surface area contributed by atoms with Crippen LogP contribution in [0.3, 0.4) is 0 Å². The van der Waals surface area contributed by atoms with E-state index in [4.69, 9.17) is 9.15 Å². The Morgan fingerprint density at radius 2 is 2.11 bits per heavy atom. The maximum absolute atomic E-state index is 5.39. The molecule has 0 saturated carbocycles. The summed E-state index contributed by atoms with van der Waals surface area (Å²) in [6, 6.07) is 11.6. The molecule has 0 saturated heterocycles. The van der Waals surface area contributed by atoms with Gasteiger partial charge in [-0.1, -0.05) is 18.2 Å². The lowest BCUT2D eigenvalue weighted by atomic mass is 10.1. The van der Waals surface area contributed by atoms with E-state index in [1.807, 2.05) is 31.2 Å². The molecule has 142 valence electrons. The number of aliphatic imine (C=N–C) groups is 1. The van der Waals surface area contributed by atoms with Crippen LogP contribution in [0.5, 0.6) is 5.75 Å². The fraction of sp³-hybridized carbons (Fsp3) is 0.316. The van der Waals surface area contributed by atoms with E-state index in [0.29, 0.717) is 24.0 Å². The number of methoxy groups -OCH3 is 1. The van der Waals surface area contributed by atoms with Gasteiger partial charge in [-0.2, -0.15) is 0 Å². The predicted molar refractivity (Wildman–Crippen MR) is 104 cm³/mol. The fourth-order valence-electron chi connectivity index (χ4n) is 2.60. The van der Waals surface area contributed by atoms with E-state index in [9.17, 15) is 0 Å². The summed E-state index contributed by atoms with van der Waals surface area (Å²) in [5.41, 5.74) is 1.15. The normalized spacial score (nSPS) is 11.4. The number of hydrogen-bond acceptors (Lipinski definition) is 5. The number of para-hydroxylation sites is 1. The van der Waals surface area contributed by atoms with Crippen molar-refractivity contribution in [3.8, 4) is 17.3 Å². The first-order chi connectivity index (χ1) is 13.3. The van der Waals surface area contributed by atoms with Crippen LogP contribution >= 0.6 is 0 Å². The molecule has 2 aromatic heterocycles. The van der Waals surface area contributed by atoms with Gasteiger partial charge in [-0.05, 0) is 37.1 Å². The first kappa shape index (κ1) is 18.5. The Kier molecular flexibility index (Phi) is 6.45. The van der Waals surface area contributed by atoms with Crippen molar-refractivity contribution in [1.29, 1.82) is 0 Å². The lowest BCUT2D eigenvalue weighted by Crippen LogP contribution is -2.38. The summed E-state index contributed by atoms with van der Waals surface area (Å²) in [7, 11) is 1.69. The number of nitrogens with one attached hydrogen (secondary N) is 3. The Balaban J connectivity index is 1.56. The number of H-pyrrole nitrogens is 1. The molecule has 3 rings (SSSR count). The second-order valence-electron chi connectivity index (χ2n) is 5.77. The van der Waals surface area contributed by atoms with Crippen LogP contribution in [0.25, 0.3) is 11.6 Å². The Morgan fingerprint density at radius 1 is 1.22 bits per heavy atom. The number of nitrogens with zero attached hydrogens (tertiary/aromatic N) is 3. The van der Waals surface area contributed by atoms with Gasteiger partial charge in [0.05, 0.1) is 13.4 Å². The average molecular weight is 368 g/mol. The van der Waals surface area contributed by atoms with E-state index in [-0.39, 0.29) is 0 Å². The largest absolute Gasteiger partial charge is 0.496 e. The zero-order valence-corrected chi connectivity index (χ0v) is 15.5. The van der Waals surface area contributed by atoms with Gasteiger partial charge in [0, 0.05) is 13.1 Å². The summed E-state index contributed by atoms with van der Waals surface area (Å²) in [6.45, 7) is 3.92. The first-order valence-electron chi connectivity index (χ1n) is 8.89. The van der Waals surface area contributed by atoms with E-state index in [0.717, 1.165) is 36.8 Å². The van der Waals surface area contributed by atoms with Gasteiger partial charge in [0.2, 0.25) is 5.82 Å². The number of aromatic amines is 1. The smallest absolute Gasteiger partial charge is 0.216 e. The molecule has 0 radical (unpaired) electrons. The third kappa shape index (κ3) is 5.10. The molecule has 0 spiro atoms. The summed E-state index contributed by atoms with van der Waals surface area (Å²) < 4.78 is 10.7. The van der Waals surface area contributed by atoms with Crippen molar-refractivity contribution in [1.82, 2.24) is 25.8 Å². The van der Waals surface area contributed by atoms with E-state index >= 15 is 0 Å². The van der Waals surface area contributed by atoms with E-state index in [2.05, 4.69) is 36.9 Å². The summed E-state index contributed by atoms with van der Waals surface area (Å²) in [5, 5.41) is 13.6. The molecule has 8 nitrogen and oxygen atoms in total. The highest BCUT2D eigenvalue weighted by Gasteiger charge is 2.08. The van der Waals surface area contributed by atoms with Crippen LogP contribution in [0, 0.1) is 0 Å². The maximum atomic E-state index is 5.39. The van der Waals surface area contributed by atoms with Gasteiger partial charge in [0.1, 0.15) is 18.1 Å². The van der Waals surface area contributed by atoms with Crippen LogP contribution in [0.15, 0.2) is 52.1 Å². The SMILES string of the molecule is CCNC(=NCc1nc(-c2ccco2)n[nH]1)NCCc1ccccc1OC. The number of guanidine groups is 1. The highest BCUT2D eigenvalue weighted by atomic mass is 16.5. The van der Waals surface area contributed by atoms with Crippen molar-refractivity contribution >= 4 is 5.96 Å². The molecule has 1 aromatic carbocycles. The molecule has 3 aromatic rings. The van der Waals surface area contributed by atoms with Gasteiger partial charge < -0.3 is 19.8 Å².